The van der Waals surface area contributed by atoms with Gasteiger partial charge in [0.05, 0.1) is 0 Å². The second kappa shape index (κ2) is 6.99. The molecule has 0 N–H and O–H groups in total. The van der Waals surface area contributed by atoms with E-state index >= 15 is 0 Å². The molecule has 0 saturated carbocycles. The van der Waals surface area contributed by atoms with Crippen molar-refractivity contribution >= 4 is 28.5 Å². The number of carbonyl (C=O) groups is 1. The van der Waals surface area contributed by atoms with Crippen molar-refractivity contribution in [2.45, 2.75) is 13.8 Å². The molecule has 0 spiro atoms. The zero-order valence-corrected chi connectivity index (χ0v) is 14.4. The third-order valence-corrected chi connectivity index (χ3v) is 4.06. The number of aryl methyl sites for hydroxylation is 2. The molecule has 0 unspecified atom stereocenters. The van der Waals surface area contributed by atoms with Gasteiger partial charge in [-0.15, -0.1) is 0 Å². The van der Waals surface area contributed by atoms with E-state index in [2.05, 4.69) is 0 Å². The van der Waals surface area contributed by atoms with Gasteiger partial charge in [-0.1, -0.05) is 11.6 Å². The number of hydrogen-bond acceptors (Lipinski definition) is 5. The van der Waals surface area contributed by atoms with Crippen LogP contribution in [0.5, 0.6) is 11.5 Å². The summed E-state index contributed by atoms with van der Waals surface area (Å²) >= 11 is 5.94. The van der Waals surface area contributed by atoms with Gasteiger partial charge in [-0.05, 0) is 55.3 Å². The lowest BCUT2D eigenvalue weighted by molar-refractivity contribution is -0.136. The minimum Gasteiger partial charge on any atom is -0.482 e. The number of fused-ring (bicyclic) bond motifs is 1. The van der Waals surface area contributed by atoms with E-state index in [9.17, 15) is 9.59 Å². The number of carbonyl (C=O) groups excluding carboxylic acids is 1. The number of hydrogen-bond donors (Lipinski definition) is 0. The van der Waals surface area contributed by atoms with Gasteiger partial charge < -0.3 is 13.9 Å². The maximum absolute atomic E-state index is 11.9. The van der Waals surface area contributed by atoms with Gasteiger partial charge in [-0.3, -0.25) is 0 Å². The molecule has 5 nitrogen and oxygen atoms in total. The quantitative estimate of drug-likeness (QED) is 0.400. The van der Waals surface area contributed by atoms with E-state index in [1.807, 2.05) is 13.8 Å². The maximum Gasteiger partial charge on any atom is 0.349 e. The smallest absolute Gasteiger partial charge is 0.349 e. The number of ether oxygens (including phenoxy) is 2. The van der Waals surface area contributed by atoms with Crippen molar-refractivity contribution in [3.05, 3.63) is 69.0 Å². The second-order valence-electron chi connectivity index (χ2n) is 5.58. The second-order valence-corrected chi connectivity index (χ2v) is 5.99. The van der Waals surface area contributed by atoms with Crippen molar-refractivity contribution in [2.75, 3.05) is 6.61 Å². The molecule has 0 radical (unpaired) electrons. The first-order valence-corrected chi connectivity index (χ1v) is 7.94. The van der Waals surface area contributed by atoms with E-state index in [4.69, 9.17) is 25.5 Å². The average Bonchev–Trinajstić information content (AvgIpc) is 2.55. The molecule has 3 aromatic rings. The highest BCUT2D eigenvalue weighted by molar-refractivity contribution is 6.31. The van der Waals surface area contributed by atoms with E-state index in [-0.39, 0.29) is 12.4 Å². The molecule has 0 atom stereocenters. The van der Waals surface area contributed by atoms with E-state index < -0.39 is 11.6 Å². The zero-order chi connectivity index (χ0) is 18.0. The topological polar surface area (TPSA) is 65.7 Å². The van der Waals surface area contributed by atoms with Crippen molar-refractivity contribution in [3.8, 4) is 11.5 Å². The van der Waals surface area contributed by atoms with E-state index in [0.717, 1.165) is 16.5 Å². The Labute approximate surface area is 148 Å². The summed E-state index contributed by atoms with van der Waals surface area (Å²) in [6.07, 6.45) is 0. The molecule has 0 amide bonds. The molecule has 128 valence electrons. The van der Waals surface area contributed by atoms with Crippen LogP contribution >= 0.6 is 11.6 Å². The van der Waals surface area contributed by atoms with Crippen LogP contribution in [0.1, 0.15) is 11.1 Å². The first kappa shape index (κ1) is 17.0. The highest BCUT2D eigenvalue weighted by Gasteiger charge is 2.09. The fraction of sp³-hybridized carbons (Fsp3) is 0.158. The number of rotatable bonds is 4. The van der Waals surface area contributed by atoms with Crippen LogP contribution < -0.4 is 15.1 Å². The summed E-state index contributed by atoms with van der Waals surface area (Å²) in [7, 11) is 0. The van der Waals surface area contributed by atoms with Crippen LogP contribution in [0.2, 0.25) is 5.02 Å². The van der Waals surface area contributed by atoms with Gasteiger partial charge in [-0.25, -0.2) is 9.59 Å². The molecular formula is C19H15ClO5. The normalized spacial score (nSPS) is 10.7. The fourth-order valence-corrected chi connectivity index (χ4v) is 2.50. The lowest BCUT2D eigenvalue weighted by atomic mass is 10.1. The van der Waals surface area contributed by atoms with E-state index in [0.29, 0.717) is 16.4 Å². The van der Waals surface area contributed by atoms with Crippen LogP contribution in [-0.4, -0.2) is 12.6 Å². The Bertz CT molecular complexity index is 1010. The largest absolute Gasteiger partial charge is 0.482 e. The Morgan fingerprint density at radius 3 is 2.56 bits per heavy atom. The van der Waals surface area contributed by atoms with Crippen LogP contribution in [0.15, 0.2) is 51.7 Å². The SMILES string of the molecule is Cc1cc(OCC(=O)Oc2ccc3c(C)cc(=O)oc3c2)ccc1Cl. The summed E-state index contributed by atoms with van der Waals surface area (Å²) in [4.78, 5) is 23.4. The van der Waals surface area contributed by atoms with Crippen LogP contribution in [-0.2, 0) is 4.79 Å². The molecule has 3 rings (SSSR count). The Morgan fingerprint density at radius 2 is 1.80 bits per heavy atom. The molecule has 1 aromatic heterocycles. The summed E-state index contributed by atoms with van der Waals surface area (Å²) in [6.45, 7) is 3.40. The molecule has 2 aromatic carbocycles. The lowest BCUT2D eigenvalue weighted by Gasteiger charge is -2.08. The number of esters is 1. The van der Waals surface area contributed by atoms with Crippen molar-refractivity contribution in [3.63, 3.8) is 0 Å². The summed E-state index contributed by atoms with van der Waals surface area (Å²) in [6, 6.07) is 11.4. The molecule has 0 aliphatic heterocycles. The minimum atomic E-state index is -0.568. The summed E-state index contributed by atoms with van der Waals surface area (Å²) in [5.41, 5.74) is 1.57. The maximum atomic E-state index is 11.9. The van der Waals surface area contributed by atoms with Gasteiger partial charge >= 0.3 is 11.6 Å². The lowest BCUT2D eigenvalue weighted by Crippen LogP contribution is -2.17. The van der Waals surface area contributed by atoms with Gasteiger partial charge in [0.2, 0.25) is 0 Å². The molecule has 1 heterocycles. The van der Waals surface area contributed by atoms with E-state index in [1.165, 1.54) is 12.1 Å². The first-order chi connectivity index (χ1) is 11.9. The molecule has 0 fully saturated rings. The van der Waals surface area contributed by atoms with Crippen molar-refractivity contribution in [2.24, 2.45) is 0 Å². The molecule has 0 saturated heterocycles. The van der Waals surface area contributed by atoms with Gasteiger partial charge in [0.25, 0.3) is 0 Å². The minimum absolute atomic E-state index is 0.253. The fourth-order valence-electron chi connectivity index (χ4n) is 2.38. The standard InChI is InChI=1S/C19H15ClO5/c1-11-8-18(21)25-17-9-14(3-5-15(11)17)24-19(22)10-23-13-4-6-16(20)12(2)7-13/h3-9H,10H2,1-2H3. The van der Waals surface area contributed by atoms with Gasteiger partial charge in [0.1, 0.15) is 17.1 Å². The third kappa shape index (κ3) is 4.00. The Hall–Kier alpha value is -2.79. The predicted molar refractivity (Wildman–Crippen MR) is 94.5 cm³/mol. The Morgan fingerprint density at radius 1 is 1.04 bits per heavy atom. The van der Waals surface area contributed by atoms with E-state index in [1.54, 1.807) is 30.3 Å². The first-order valence-electron chi connectivity index (χ1n) is 7.56. The number of benzene rings is 2. The van der Waals surface area contributed by atoms with Crippen LogP contribution in [0.3, 0.4) is 0 Å². The van der Waals surface area contributed by atoms with Crippen molar-refractivity contribution < 1.29 is 18.7 Å². The summed E-state index contributed by atoms with van der Waals surface area (Å²) in [5.74, 6) is 0.239. The Balaban J connectivity index is 1.69. The molecule has 6 heteroatoms. The molecule has 0 bridgehead atoms. The van der Waals surface area contributed by atoms with Crippen LogP contribution in [0, 0.1) is 13.8 Å². The highest BCUT2D eigenvalue weighted by atomic mass is 35.5. The molecule has 25 heavy (non-hydrogen) atoms. The molecular weight excluding hydrogens is 344 g/mol. The highest BCUT2D eigenvalue weighted by Crippen LogP contribution is 2.23. The summed E-state index contributed by atoms with van der Waals surface area (Å²) < 4.78 is 15.7. The Kier molecular flexibility index (Phi) is 4.76. The van der Waals surface area contributed by atoms with Gasteiger partial charge in [-0.2, -0.15) is 0 Å². The van der Waals surface area contributed by atoms with Crippen LogP contribution in [0.25, 0.3) is 11.0 Å². The zero-order valence-electron chi connectivity index (χ0n) is 13.7. The predicted octanol–water partition coefficient (Wildman–Crippen LogP) is 4.05. The van der Waals surface area contributed by atoms with Gasteiger partial charge in [0, 0.05) is 22.5 Å². The molecule has 0 aliphatic rings. The van der Waals surface area contributed by atoms with Crippen molar-refractivity contribution in [1.82, 2.24) is 0 Å². The van der Waals surface area contributed by atoms with Gasteiger partial charge in [0.15, 0.2) is 6.61 Å². The van der Waals surface area contributed by atoms with Crippen LogP contribution in [0.4, 0.5) is 0 Å². The average molecular weight is 359 g/mol. The van der Waals surface area contributed by atoms with Crippen molar-refractivity contribution in [1.29, 1.82) is 0 Å². The molecule has 0 aliphatic carbocycles. The monoisotopic (exact) mass is 358 g/mol. The summed E-state index contributed by atoms with van der Waals surface area (Å²) in [5, 5.41) is 1.41. The number of halogens is 1. The third-order valence-electron chi connectivity index (χ3n) is 3.64.